The van der Waals surface area contributed by atoms with E-state index < -0.39 is 0 Å². The summed E-state index contributed by atoms with van der Waals surface area (Å²) in [7, 11) is 0. The molecule has 1 aromatic carbocycles. The SMILES string of the molecule is CCOc1nn(-c2ccccn2)cc1-c1ccc(Cl)cc1. The third-order valence-corrected chi connectivity index (χ3v) is 3.25. The molecule has 4 nitrogen and oxygen atoms in total. The zero-order chi connectivity index (χ0) is 14.7. The molecule has 0 saturated carbocycles. The van der Waals surface area contributed by atoms with Crippen molar-refractivity contribution in [2.24, 2.45) is 0 Å². The first-order valence-electron chi connectivity index (χ1n) is 6.67. The number of ether oxygens (including phenoxy) is 1. The maximum absolute atomic E-state index is 5.94. The van der Waals surface area contributed by atoms with E-state index in [1.54, 1.807) is 10.9 Å². The Morgan fingerprint density at radius 2 is 1.95 bits per heavy atom. The lowest BCUT2D eigenvalue weighted by Crippen LogP contribution is -1.98. The van der Waals surface area contributed by atoms with Crippen molar-refractivity contribution in [2.45, 2.75) is 6.92 Å². The fraction of sp³-hybridized carbons (Fsp3) is 0.125. The third kappa shape index (κ3) is 2.90. The minimum atomic E-state index is 0.555. The van der Waals surface area contributed by atoms with Gasteiger partial charge in [0.1, 0.15) is 0 Å². The van der Waals surface area contributed by atoms with Crippen LogP contribution in [-0.4, -0.2) is 21.4 Å². The summed E-state index contributed by atoms with van der Waals surface area (Å²) in [6, 6.07) is 13.3. The lowest BCUT2D eigenvalue weighted by atomic mass is 10.1. The van der Waals surface area contributed by atoms with E-state index in [2.05, 4.69) is 10.1 Å². The highest BCUT2D eigenvalue weighted by molar-refractivity contribution is 6.30. The molecule has 0 aliphatic heterocycles. The highest BCUT2D eigenvalue weighted by Gasteiger charge is 2.13. The molecule has 5 heteroatoms. The molecule has 0 radical (unpaired) electrons. The van der Waals surface area contributed by atoms with E-state index in [0.717, 1.165) is 16.9 Å². The molecule has 0 aliphatic carbocycles. The van der Waals surface area contributed by atoms with Crippen molar-refractivity contribution in [3.05, 3.63) is 59.9 Å². The zero-order valence-electron chi connectivity index (χ0n) is 11.5. The number of nitrogens with zero attached hydrogens (tertiary/aromatic N) is 3. The van der Waals surface area contributed by atoms with Gasteiger partial charge in [0.25, 0.3) is 0 Å². The second-order valence-corrected chi connectivity index (χ2v) is 4.86. The first-order chi connectivity index (χ1) is 10.3. The zero-order valence-corrected chi connectivity index (χ0v) is 12.3. The predicted octanol–water partition coefficient (Wildman–Crippen LogP) is 3.99. The number of benzene rings is 1. The van der Waals surface area contributed by atoms with Crippen molar-refractivity contribution in [1.82, 2.24) is 14.8 Å². The molecule has 3 rings (SSSR count). The summed E-state index contributed by atoms with van der Waals surface area (Å²) in [5.74, 6) is 1.34. The van der Waals surface area contributed by atoms with Crippen LogP contribution >= 0.6 is 11.6 Å². The second kappa shape index (κ2) is 5.97. The molecule has 106 valence electrons. The van der Waals surface area contributed by atoms with Gasteiger partial charge in [-0.1, -0.05) is 29.8 Å². The van der Waals surface area contributed by atoms with E-state index in [0.29, 0.717) is 17.5 Å². The molecule has 21 heavy (non-hydrogen) atoms. The molecule has 0 amide bonds. The Hall–Kier alpha value is -2.33. The van der Waals surface area contributed by atoms with E-state index in [4.69, 9.17) is 16.3 Å². The van der Waals surface area contributed by atoms with Gasteiger partial charge in [-0.2, -0.15) is 0 Å². The molecule has 0 aliphatic rings. The smallest absolute Gasteiger partial charge is 0.241 e. The van der Waals surface area contributed by atoms with Crippen LogP contribution in [0.2, 0.25) is 5.02 Å². The van der Waals surface area contributed by atoms with E-state index in [-0.39, 0.29) is 0 Å². The number of hydrogen-bond acceptors (Lipinski definition) is 3. The largest absolute Gasteiger partial charge is 0.476 e. The maximum Gasteiger partial charge on any atom is 0.241 e. The van der Waals surface area contributed by atoms with Gasteiger partial charge in [-0.05, 0) is 36.8 Å². The average Bonchev–Trinajstić information content (AvgIpc) is 2.93. The summed E-state index contributed by atoms with van der Waals surface area (Å²) in [5.41, 5.74) is 1.92. The van der Waals surface area contributed by atoms with Gasteiger partial charge in [0, 0.05) is 17.4 Å². The Kier molecular flexibility index (Phi) is 3.88. The monoisotopic (exact) mass is 299 g/mol. The number of halogens is 1. The Bertz CT molecular complexity index is 723. The number of rotatable bonds is 4. The summed E-state index contributed by atoms with van der Waals surface area (Å²) < 4.78 is 7.35. The fourth-order valence-electron chi connectivity index (χ4n) is 2.04. The maximum atomic E-state index is 5.94. The number of pyridine rings is 1. The molecule has 2 aromatic heterocycles. The van der Waals surface area contributed by atoms with E-state index in [1.807, 2.05) is 55.6 Å². The van der Waals surface area contributed by atoms with Crippen LogP contribution in [0.15, 0.2) is 54.9 Å². The molecular weight excluding hydrogens is 286 g/mol. The second-order valence-electron chi connectivity index (χ2n) is 4.42. The van der Waals surface area contributed by atoms with Crippen molar-refractivity contribution >= 4 is 11.6 Å². The van der Waals surface area contributed by atoms with Crippen molar-refractivity contribution in [1.29, 1.82) is 0 Å². The van der Waals surface area contributed by atoms with Gasteiger partial charge in [0.15, 0.2) is 5.82 Å². The number of aromatic nitrogens is 3. The van der Waals surface area contributed by atoms with Crippen molar-refractivity contribution in [3.63, 3.8) is 0 Å². The van der Waals surface area contributed by atoms with Crippen molar-refractivity contribution in [3.8, 4) is 22.8 Å². The van der Waals surface area contributed by atoms with Gasteiger partial charge >= 0.3 is 0 Å². The van der Waals surface area contributed by atoms with Gasteiger partial charge in [0.2, 0.25) is 5.88 Å². The molecule has 0 N–H and O–H groups in total. The van der Waals surface area contributed by atoms with Crippen LogP contribution < -0.4 is 4.74 Å². The average molecular weight is 300 g/mol. The van der Waals surface area contributed by atoms with Gasteiger partial charge < -0.3 is 4.74 Å². The quantitative estimate of drug-likeness (QED) is 0.731. The lowest BCUT2D eigenvalue weighted by Gasteiger charge is -2.02. The molecular formula is C16H14ClN3O. The summed E-state index contributed by atoms with van der Waals surface area (Å²) >= 11 is 5.94. The Morgan fingerprint density at radius 1 is 1.14 bits per heavy atom. The van der Waals surface area contributed by atoms with Crippen LogP contribution in [0, 0.1) is 0 Å². The fourth-order valence-corrected chi connectivity index (χ4v) is 2.16. The van der Waals surface area contributed by atoms with Gasteiger partial charge in [-0.15, -0.1) is 5.10 Å². The highest BCUT2D eigenvalue weighted by Crippen LogP contribution is 2.30. The third-order valence-electron chi connectivity index (χ3n) is 3.00. The first kappa shape index (κ1) is 13.6. The Morgan fingerprint density at radius 3 is 2.62 bits per heavy atom. The minimum Gasteiger partial charge on any atom is -0.476 e. The molecule has 0 saturated heterocycles. The Labute approximate surface area is 128 Å². The van der Waals surface area contributed by atoms with Crippen LogP contribution in [0.3, 0.4) is 0 Å². The minimum absolute atomic E-state index is 0.555. The molecule has 0 unspecified atom stereocenters. The van der Waals surface area contributed by atoms with Gasteiger partial charge in [0.05, 0.1) is 12.2 Å². The first-order valence-corrected chi connectivity index (χ1v) is 7.05. The van der Waals surface area contributed by atoms with Crippen molar-refractivity contribution < 1.29 is 4.74 Å². The molecule has 0 fully saturated rings. The van der Waals surface area contributed by atoms with Crippen LogP contribution in [0.5, 0.6) is 5.88 Å². The lowest BCUT2D eigenvalue weighted by molar-refractivity contribution is 0.325. The summed E-state index contributed by atoms with van der Waals surface area (Å²) in [6.45, 7) is 2.49. The van der Waals surface area contributed by atoms with Crippen LogP contribution in [-0.2, 0) is 0 Å². The molecule has 2 heterocycles. The summed E-state index contributed by atoms with van der Waals surface area (Å²) in [6.07, 6.45) is 3.65. The van der Waals surface area contributed by atoms with E-state index >= 15 is 0 Å². The Balaban J connectivity index is 2.06. The number of hydrogen-bond donors (Lipinski definition) is 0. The topological polar surface area (TPSA) is 39.9 Å². The summed E-state index contributed by atoms with van der Waals surface area (Å²) in [4.78, 5) is 4.30. The van der Waals surface area contributed by atoms with Gasteiger partial charge in [-0.25, -0.2) is 9.67 Å². The van der Waals surface area contributed by atoms with Crippen LogP contribution in [0.4, 0.5) is 0 Å². The van der Waals surface area contributed by atoms with E-state index in [1.165, 1.54) is 0 Å². The molecule has 3 aromatic rings. The van der Waals surface area contributed by atoms with Gasteiger partial charge in [-0.3, -0.25) is 0 Å². The van der Waals surface area contributed by atoms with E-state index in [9.17, 15) is 0 Å². The molecule has 0 bridgehead atoms. The normalized spacial score (nSPS) is 10.6. The van der Waals surface area contributed by atoms with Crippen LogP contribution in [0.1, 0.15) is 6.92 Å². The predicted molar refractivity (Wildman–Crippen MR) is 83.0 cm³/mol. The summed E-state index contributed by atoms with van der Waals surface area (Å²) in [5, 5.41) is 5.17. The standard InChI is InChI=1S/C16H14ClN3O/c1-2-21-16-14(12-6-8-13(17)9-7-12)11-20(19-16)15-5-3-4-10-18-15/h3-11H,2H2,1H3. The molecule has 0 spiro atoms. The molecule has 0 atom stereocenters. The van der Waals surface area contributed by atoms with Crippen molar-refractivity contribution in [2.75, 3.05) is 6.61 Å². The highest BCUT2D eigenvalue weighted by atomic mass is 35.5. The van der Waals surface area contributed by atoms with Crippen LogP contribution in [0.25, 0.3) is 16.9 Å².